The molecule has 126 valence electrons. The number of carbonyl (C=O) groups is 1. The van der Waals surface area contributed by atoms with Gasteiger partial charge in [0, 0.05) is 13.0 Å². The van der Waals surface area contributed by atoms with E-state index >= 15 is 0 Å². The summed E-state index contributed by atoms with van der Waals surface area (Å²) in [5.41, 5.74) is 1.97. The molecule has 1 aliphatic heterocycles. The van der Waals surface area contributed by atoms with Crippen molar-refractivity contribution < 1.29 is 19.0 Å². The van der Waals surface area contributed by atoms with E-state index in [2.05, 4.69) is 5.32 Å². The van der Waals surface area contributed by atoms with Gasteiger partial charge in [0.05, 0.1) is 13.2 Å². The van der Waals surface area contributed by atoms with Gasteiger partial charge in [0.2, 0.25) is 0 Å². The zero-order chi connectivity index (χ0) is 16.8. The highest BCUT2D eigenvalue weighted by Crippen LogP contribution is 2.30. The van der Waals surface area contributed by atoms with Crippen LogP contribution in [0.4, 0.5) is 0 Å². The third-order valence-electron chi connectivity index (χ3n) is 3.75. The Kier molecular flexibility index (Phi) is 5.21. The van der Waals surface area contributed by atoms with E-state index in [0.717, 1.165) is 34.8 Å². The molecule has 1 heterocycles. The molecular formula is C19H21NO4. The van der Waals surface area contributed by atoms with Crippen LogP contribution in [0.25, 0.3) is 0 Å². The second kappa shape index (κ2) is 7.73. The van der Waals surface area contributed by atoms with Crippen molar-refractivity contribution in [2.45, 2.75) is 19.9 Å². The van der Waals surface area contributed by atoms with Crippen molar-refractivity contribution in [3.05, 3.63) is 53.6 Å². The molecule has 0 bridgehead atoms. The molecule has 3 rings (SSSR count). The lowest BCUT2D eigenvalue weighted by atomic mass is 10.2. The molecule has 24 heavy (non-hydrogen) atoms. The molecule has 0 spiro atoms. The summed E-state index contributed by atoms with van der Waals surface area (Å²) in [5, 5.41) is 2.85. The SMILES string of the molecule is Cc1ccccc1OCC(=O)NCc1ccc2c(c1)OCCCO2. The van der Waals surface area contributed by atoms with Gasteiger partial charge < -0.3 is 19.5 Å². The van der Waals surface area contributed by atoms with E-state index in [1.807, 2.05) is 49.4 Å². The molecule has 0 saturated carbocycles. The van der Waals surface area contributed by atoms with E-state index in [0.29, 0.717) is 19.8 Å². The summed E-state index contributed by atoms with van der Waals surface area (Å²) in [7, 11) is 0. The number of hydrogen-bond donors (Lipinski definition) is 1. The quantitative estimate of drug-likeness (QED) is 0.917. The topological polar surface area (TPSA) is 56.8 Å². The van der Waals surface area contributed by atoms with Crippen LogP contribution in [0.15, 0.2) is 42.5 Å². The molecule has 0 saturated heterocycles. The Morgan fingerprint density at radius 2 is 1.92 bits per heavy atom. The molecule has 5 nitrogen and oxygen atoms in total. The first kappa shape index (κ1) is 16.2. The first-order valence-electron chi connectivity index (χ1n) is 8.06. The van der Waals surface area contributed by atoms with Gasteiger partial charge in [-0.25, -0.2) is 0 Å². The third-order valence-corrected chi connectivity index (χ3v) is 3.75. The van der Waals surface area contributed by atoms with Crippen LogP contribution in [0.2, 0.25) is 0 Å². The van der Waals surface area contributed by atoms with Crippen molar-refractivity contribution in [1.82, 2.24) is 5.32 Å². The van der Waals surface area contributed by atoms with Crippen LogP contribution in [0, 0.1) is 6.92 Å². The van der Waals surface area contributed by atoms with E-state index in [1.165, 1.54) is 0 Å². The number of benzene rings is 2. The fourth-order valence-electron chi connectivity index (χ4n) is 2.43. The Labute approximate surface area is 141 Å². The minimum Gasteiger partial charge on any atom is -0.490 e. The van der Waals surface area contributed by atoms with Crippen molar-refractivity contribution >= 4 is 5.91 Å². The molecule has 1 aliphatic rings. The van der Waals surface area contributed by atoms with Gasteiger partial charge in [-0.2, -0.15) is 0 Å². The van der Waals surface area contributed by atoms with Gasteiger partial charge in [-0.3, -0.25) is 4.79 Å². The lowest BCUT2D eigenvalue weighted by Crippen LogP contribution is -2.28. The predicted octanol–water partition coefficient (Wildman–Crippen LogP) is 2.85. The van der Waals surface area contributed by atoms with Crippen LogP contribution in [0.5, 0.6) is 17.2 Å². The van der Waals surface area contributed by atoms with E-state index < -0.39 is 0 Å². The summed E-state index contributed by atoms with van der Waals surface area (Å²) >= 11 is 0. The number of aryl methyl sites for hydroxylation is 1. The summed E-state index contributed by atoms with van der Waals surface area (Å²) in [6, 6.07) is 13.3. The van der Waals surface area contributed by atoms with Crippen LogP contribution in [-0.4, -0.2) is 25.7 Å². The number of ether oxygens (including phenoxy) is 3. The van der Waals surface area contributed by atoms with Gasteiger partial charge in [0.15, 0.2) is 18.1 Å². The summed E-state index contributed by atoms with van der Waals surface area (Å²) in [5.74, 6) is 2.05. The van der Waals surface area contributed by atoms with Crippen LogP contribution >= 0.6 is 0 Å². The molecule has 0 fully saturated rings. The number of hydrogen-bond acceptors (Lipinski definition) is 4. The number of rotatable bonds is 5. The Bertz CT molecular complexity index is 714. The lowest BCUT2D eigenvalue weighted by Gasteiger charge is -2.11. The average Bonchev–Trinajstić information content (AvgIpc) is 2.84. The predicted molar refractivity (Wildman–Crippen MR) is 90.6 cm³/mol. The molecule has 0 aromatic heterocycles. The van der Waals surface area contributed by atoms with E-state index in [1.54, 1.807) is 0 Å². The average molecular weight is 327 g/mol. The first-order valence-corrected chi connectivity index (χ1v) is 8.06. The number of para-hydroxylation sites is 1. The van der Waals surface area contributed by atoms with Crippen molar-refractivity contribution in [2.24, 2.45) is 0 Å². The number of fused-ring (bicyclic) bond motifs is 1. The van der Waals surface area contributed by atoms with E-state index in [-0.39, 0.29) is 12.5 Å². The lowest BCUT2D eigenvalue weighted by molar-refractivity contribution is -0.123. The zero-order valence-corrected chi connectivity index (χ0v) is 13.7. The maximum atomic E-state index is 12.0. The molecule has 2 aromatic rings. The van der Waals surface area contributed by atoms with Gasteiger partial charge in [-0.1, -0.05) is 24.3 Å². The molecular weight excluding hydrogens is 306 g/mol. The zero-order valence-electron chi connectivity index (χ0n) is 13.7. The molecule has 0 unspecified atom stereocenters. The highest BCUT2D eigenvalue weighted by atomic mass is 16.5. The van der Waals surface area contributed by atoms with Crippen molar-refractivity contribution in [3.8, 4) is 17.2 Å². The minimum atomic E-state index is -0.162. The molecule has 1 N–H and O–H groups in total. The Hall–Kier alpha value is -2.69. The molecule has 0 radical (unpaired) electrons. The maximum Gasteiger partial charge on any atom is 0.258 e. The highest BCUT2D eigenvalue weighted by molar-refractivity contribution is 5.77. The van der Waals surface area contributed by atoms with Crippen LogP contribution in [0.3, 0.4) is 0 Å². The Morgan fingerprint density at radius 1 is 1.12 bits per heavy atom. The third kappa shape index (κ3) is 4.19. The van der Waals surface area contributed by atoms with Gasteiger partial charge in [-0.05, 0) is 36.2 Å². The monoisotopic (exact) mass is 327 g/mol. The minimum absolute atomic E-state index is 0.00456. The standard InChI is InChI=1S/C19H21NO4/c1-14-5-2-3-6-16(14)24-13-19(21)20-12-15-7-8-17-18(11-15)23-10-4-9-22-17/h2-3,5-8,11H,4,9-10,12-13H2,1H3,(H,20,21). The molecule has 1 amide bonds. The summed E-state index contributed by atoms with van der Waals surface area (Å²) < 4.78 is 16.8. The molecule has 0 aliphatic carbocycles. The number of nitrogens with one attached hydrogen (secondary N) is 1. The van der Waals surface area contributed by atoms with Crippen LogP contribution in [0.1, 0.15) is 17.5 Å². The van der Waals surface area contributed by atoms with Crippen molar-refractivity contribution in [3.63, 3.8) is 0 Å². The van der Waals surface area contributed by atoms with E-state index in [4.69, 9.17) is 14.2 Å². The summed E-state index contributed by atoms with van der Waals surface area (Å²) in [4.78, 5) is 12.0. The second-order valence-electron chi connectivity index (χ2n) is 5.66. The van der Waals surface area contributed by atoms with Gasteiger partial charge in [0.25, 0.3) is 5.91 Å². The van der Waals surface area contributed by atoms with Crippen molar-refractivity contribution in [2.75, 3.05) is 19.8 Å². The van der Waals surface area contributed by atoms with Gasteiger partial charge in [-0.15, -0.1) is 0 Å². The number of amides is 1. The first-order chi connectivity index (χ1) is 11.7. The largest absolute Gasteiger partial charge is 0.490 e. The fourth-order valence-corrected chi connectivity index (χ4v) is 2.43. The molecule has 2 aromatic carbocycles. The maximum absolute atomic E-state index is 12.0. The molecule has 0 atom stereocenters. The van der Waals surface area contributed by atoms with E-state index in [9.17, 15) is 4.79 Å². The van der Waals surface area contributed by atoms with Crippen molar-refractivity contribution in [1.29, 1.82) is 0 Å². The summed E-state index contributed by atoms with van der Waals surface area (Å²) in [6.07, 6.45) is 0.872. The fraction of sp³-hybridized carbons (Fsp3) is 0.316. The Balaban J connectivity index is 1.51. The summed E-state index contributed by atoms with van der Waals surface area (Å²) in [6.45, 7) is 3.68. The van der Waals surface area contributed by atoms with Gasteiger partial charge >= 0.3 is 0 Å². The van der Waals surface area contributed by atoms with Crippen LogP contribution in [-0.2, 0) is 11.3 Å². The smallest absolute Gasteiger partial charge is 0.258 e. The number of carbonyl (C=O) groups excluding carboxylic acids is 1. The van der Waals surface area contributed by atoms with Gasteiger partial charge in [0.1, 0.15) is 5.75 Å². The Morgan fingerprint density at radius 3 is 2.75 bits per heavy atom. The molecule has 5 heteroatoms. The highest BCUT2D eigenvalue weighted by Gasteiger charge is 2.11. The second-order valence-corrected chi connectivity index (χ2v) is 5.66. The van der Waals surface area contributed by atoms with Crippen LogP contribution < -0.4 is 19.5 Å². The normalized spacial score (nSPS) is 13.0.